The van der Waals surface area contributed by atoms with E-state index < -0.39 is 0 Å². The Bertz CT molecular complexity index is 888. The van der Waals surface area contributed by atoms with Gasteiger partial charge in [-0.15, -0.1) is 5.73 Å². The molecule has 0 heteroatoms. The lowest BCUT2D eigenvalue weighted by Crippen LogP contribution is -2.02. The monoisotopic (exact) mass is 322 g/mol. The first kappa shape index (κ1) is 15.7. The Hall–Kier alpha value is -2.82. The fraction of sp³-hybridized carbons (Fsp3) is 0.160. The molecule has 25 heavy (non-hydrogen) atoms. The molecule has 3 aromatic rings. The van der Waals surface area contributed by atoms with E-state index in [1.54, 1.807) is 0 Å². The molecule has 0 heterocycles. The molecule has 0 amide bonds. The van der Waals surface area contributed by atoms with Crippen molar-refractivity contribution in [3.63, 3.8) is 0 Å². The predicted octanol–water partition coefficient (Wildman–Crippen LogP) is 6.25. The van der Waals surface area contributed by atoms with Crippen LogP contribution in [-0.2, 0) is 5.41 Å². The van der Waals surface area contributed by atoms with Gasteiger partial charge < -0.3 is 0 Å². The highest BCUT2D eigenvalue weighted by Gasteiger charge is 2.54. The van der Waals surface area contributed by atoms with Crippen molar-refractivity contribution in [1.29, 1.82) is 0 Å². The van der Waals surface area contributed by atoms with E-state index in [1.165, 1.54) is 27.8 Å². The molecule has 0 N–H and O–H groups in total. The van der Waals surface area contributed by atoms with Crippen molar-refractivity contribution in [2.45, 2.75) is 19.3 Å². The summed E-state index contributed by atoms with van der Waals surface area (Å²) in [4.78, 5) is 0. The summed E-state index contributed by atoms with van der Waals surface area (Å²) in [5.41, 5.74) is 10.3. The van der Waals surface area contributed by atoms with Crippen LogP contribution in [0.5, 0.6) is 0 Å². The SMILES string of the molecule is C[C@@H]1C(=C=C(c2ccccc2)c2ccccc2)[C@]1(C)c1ccccc1. The summed E-state index contributed by atoms with van der Waals surface area (Å²) in [6, 6.07) is 32.0. The van der Waals surface area contributed by atoms with Crippen molar-refractivity contribution in [2.24, 2.45) is 5.92 Å². The number of hydrogen-bond acceptors (Lipinski definition) is 0. The normalized spacial score (nSPS) is 21.5. The van der Waals surface area contributed by atoms with Gasteiger partial charge in [-0.05, 0) is 28.2 Å². The van der Waals surface area contributed by atoms with E-state index in [-0.39, 0.29) is 5.41 Å². The standard InChI is InChI=1S/C25H22/c1-19-24(25(19,2)22-16-10-5-11-17-22)18-23(20-12-6-3-7-13-20)21-14-8-4-9-15-21/h3-17,19H,1-2H3/t19-,25+/m1/s1. The fourth-order valence-electron chi connectivity index (χ4n) is 3.71. The summed E-state index contributed by atoms with van der Waals surface area (Å²) in [6.45, 7) is 4.64. The maximum Gasteiger partial charge on any atom is 0.0309 e. The van der Waals surface area contributed by atoms with Gasteiger partial charge in [0.1, 0.15) is 0 Å². The second-order valence-corrected chi connectivity index (χ2v) is 6.94. The maximum atomic E-state index is 3.80. The Kier molecular flexibility index (Phi) is 3.92. The van der Waals surface area contributed by atoms with Gasteiger partial charge in [0.15, 0.2) is 0 Å². The number of benzene rings is 3. The quantitative estimate of drug-likeness (QED) is 0.500. The molecule has 3 aromatic carbocycles. The van der Waals surface area contributed by atoms with Crippen LogP contribution in [0.1, 0.15) is 30.5 Å². The zero-order chi connectivity index (χ0) is 17.3. The number of allylic oxidation sites excluding steroid dienone is 1. The van der Waals surface area contributed by atoms with Gasteiger partial charge in [-0.1, -0.05) is 105 Å². The first-order valence-corrected chi connectivity index (χ1v) is 8.89. The topological polar surface area (TPSA) is 0 Å². The van der Waals surface area contributed by atoms with Crippen LogP contribution in [0.3, 0.4) is 0 Å². The number of rotatable bonds is 3. The van der Waals surface area contributed by atoms with Crippen LogP contribution in [-0.4, -0.2) is 0 Å². The minimum absolute atomic E-state index is 0.0933. The molecular formula is C25H22. The highest BCUT2D eigenvalue weighted by Crippen LogP contribution is 2.58. The van der Waals surface area contributed by atoms with Gasteiger partial charge in [0, 0.05) is 11.0 Å². The summed E-state index contributed by atoms with van der Waals surface area (Å²) >= 11 is 0. The molecule has 4 rings (SSSR count). The van der Waals surface area contributed by atoms with E-state index in [1.807, 2.05) is 0 Å². The minimum Gasteiger partial charge on any atom is -0.111 e. The molecule has 2 atom stereocenters. The van der Waals surface area contributed by atoms with E-state index in [0.29, 0.717) is 5.92 Å². The third-order valence-electron chi connectivity index (χ3n) is 5.53. The molecule has 0 radical (unpaired) electrons. The Morgan fingerprint density at radius 3 is 1.64 bits per heavy atom. The van der Waals surface area contributed by atoms with Crippen LogP contribution in [0.15, 0.2) is 102 Å². The minimum atomic E-state index is 0.0933. The van der Waals surface area contributed by atoms with E-state index in [9.17, 15) is 0 Å². The lowest BCUT2D eigenvalue weighted by atomic mass is 9.94. The molecule has 0 nitrogen and oxygen atoms in total. The Morgan fingerprint density at radius 2 is 1.16 bits per heavy atom. The summed E-state index contributed by atoms with van der Waals surface area (Å²) in [5, 5.41) is 0. The van der Waals surface area contributed by atoms with Crippen molar-refractivity contribution in [3.05, 3.63) is 119 Å². The Labute approximate surface area is 150 Å². The van der Waals surface area contributed by atoms with E-state index >= 15 is 0 Å². The molecule has 0 aliphatic heterocycles. The molecule has 1 aliphatic rings. The molecule has 0 aromatic heterocycles. The van der Waals surface area contributed by atoms with Crippen LogP contribution < -0.4 is 0 Å². The lowest BCUT2D eigenvalue weighted by Gasteiger charge is -2.09. The van der Waals surface area contributed by atoms with Crippen molar-refractivity contribution in [3.8, 4) is 0 Å². The number of hydrogen-bond donors (Lipinski definition) is 0. The van der Waals surface area contributed by atoms with Gasteiger partial charge in [0.05, 0.1) is 0 Å². The highest BCUT2D eigenvalue weighted by molar-refractivity contribution is 5.80. The van der Waals surface area contributed by atoms with Gasteiger partial charge in [-0.2, -0.15) is 0 Å². The first-order valence-electron chi connectivity index (χ1n) is 8.89. The smallest absolute Gasteiger partial charge is 0.0309 e. The molecule has 0 bridgehead atoms. The molecule has 0 unspecified atom stereocenters. The van der Waals surface area contributed by atoms with E-state index in [0.717, 1.165) is 0 Å². The molecule has 122 valence electrons. The molecule has 1 aliphatic carbocycles. The molecule has 0 spiro atoms. The summed E-state index contributed by atoms with van der Waals surface area (Å²) in [6.07, 6.45) is 0. The van der Waals surface area contributed by atoms with Gasteiger partial charge >= 0.3 is 0 Å². The maximum absolute atomic E-state index is 3.80. The van der Waals surface area contributed by atoms with Crippen LogP contribution in [0.25, 0.3) is 5.57 Å². The van der Waals surface area contributed by atoms with Crippen LogP contribution >= 0.6 is 0 Å². The predicted molar refractivity (Wildman–Crippen MR) is 105 cm³/mol. The third kappa shape index (κ3) is 2.76. The van der Waals surface area contributed by atoms with Crippen molar-refractivity contribution in [1.82, 2.24) is 0 Å². The van der Waals surface area contributed by atoms with Gasteiger partial charge in [-0.25, -0.2) is 0 Å². The van der Waals surface area contributed by atoms with Crippen LogP contribution in [0, 0.1) is 5.92 Å². The van der Waals surface area contributed by atoms with Gasteiger partial charge in [0.25, 0.3) is 0 Å². The van der Waals surface area contributed by atoms with Crippen molar-refractivity contribution >= 4 is 5.57 Å². The van der Waals surface area contributed by atoms with Gasteiger partial charge in [0.2, 0.25) is 0 Å². The molecule has 1 saturated carbocycles. The molecule has 0 saturated heterocycles. The van der Waals surface area contributed by atoms with E-state index in [4.69, 9.17) is 0 Å². The zero-order valence-corrected chi connectivity index (χ0v) is 14.7. The summed E-state index contributed by atoms with van der Waals surface area (Å²) in [7, 11) is 0. The zero-order valence-electron chi connectivity index (χ0n) is 14.7. The summed E-state index contributed by atoms with van der Waals surface area (Å²) < 4.78 is 0. The highest BCUT2D eigenvalue weighted by atomic mass is 14.6. The summed E-state index contributed by atoms with van der Waals surface area (Å²) in [5.74, 6) is 0.511. The fourth-order valence-corrected chi connectivity index (χ4v) is 3.71. The average Bonchev–Trinajstić information content (AvgIpc) is 3.22. The lowest BCUT2D eigenvalue weighted by molar-refractivity contribution is 0.707. The third-order valence-corrected chi connectivity index (χ3v) is 5.53. The van der Waals surface area contributed by atoms with Crippen LogP contribution in [0.4, 0.5) is 0 Å². The molecular weight excluding hydrogens is 300 g/mol. The second kappa shape index (κ2) is 6.24. The van der Waals surface area contributed by atoms with Crippen molar-refractivity contribution in [2.75, 3.05) is 0 Å². The Balaban J connectivity index is 1.90. The van der Waals surface area contributed by atoms with Crippen molar-refractivity contribution < 1.29 is 0 Å². The molecule has 1 fully saturated rings. The van der Waals surface area contributed by atoms with Gasteiger partial charge in [-0.3, -0.25) is 0 Å². The first-order chi connectivity index (χ1) is 12.2. The van der Waals surface area contributed by atoms with E-state index in [2.05, 4.69) is 111 Å². The van der Waals surface area contributed by atoms with Crippen LogP contribution in [0.2, 0.25) is 0 Å². The average molecular weight is 322 g/mol. The largest absolute Gasteiger partial charge is 0.111 e. The Morgan fingerprint density at radius 1 is 0.720 bits per heavy atom. The second-order valence-electron chi connectivity index (χ2n) is 6.94.